The summed E-state index contributed by atoms with van der Waals surface area (Å²) in [4.78, 5) is 22.0. The molecule has 0 radical (unpaired) electrons. The van der Waals surface area contributed by atoms with Gasteiger partial charge >= 0.3 is 0 Å². The van der Waals surface area contributed by atoms with E-state index in [4.69, 9.17) is 0 Å². The minimum atomic E-state index is 0.0327. The number of nitrogens with one attached hydrogen (secondary N) is 1. The van der Waals surface area contributed by atoms with Crippen LogP contribution in [0, 0.1) is 13.8 Å². The van der Waals surface area contributed by atoms with Crippen LogP contribution >= 0.6 is 11.8 Å². The number of para-hydroxylation sites is 1. The van der Waals surface area contributed by atoms with Crippen molar-refractivity contribution in [3.05, 3.63) is 59.2 Å². The zero-order valence-corrected chi connectivity index (χ0v) is 16.9. The number of rotatable bonds is 5. The molecule has 0 saturated heterocycles. The van der Waals surface area contributed by atoms with E-state index >= 15 is 0 Å². The third kappa shape index (κ3) is 3.71. The zero-order chi connectivity index (χ0) is 19.7. The number of hydrogen-bond donors (Lipinski definition) is 1. The molecular weight excluding hydrogens is 370 g/mol. The summed E-state index contributed by atoms with van der Waals surface area (Å²) in [6.07, 6.45) is 0. The molecule has 0 spiro atoms. The first-order chi connectivity index (χ1) is 13.5. The van der Waals surface area contributed by atoms with Crippen LogP contribution in [0.1, 0.15) is 16.7 Å². The number of carbonyl (C=O) groups is 1. The van der Waals surface area contributed by atoms with Crippen LogP contribution in [0.4, 0.5) is 0 Å². The number of aromatic nitrogens is 4. The number of thioether (sulfide) groups is 1. The lowest BCUT2D eigenvalue weighted by molar-refractivity contribution is -0.127. The molecule has 0 aliphatic carbocycles. The zero-order valence-electron chi connectivity index (χ0n) is 16.1. The summed E-state index contributed by atoms with van der Waals surface area (Å²) < 4.78 is 0. The number of aromatic amines is 1. The van der Waals surface area contributed by atoms with E-state index in [0.29, 0.717) is 17.3 Å². The third-order valence-electron chi connectivity index (χ3n) is 4.76. The lowest BCUT2D eigenvalue weighted by atomic mass is 10.1. The number of carbonyl (C=O) groups excluding carboxylic acids is 1. The Bertz CT molecular complexity index is 1170. The number of amides is 1. The summed E-state index contributed by atoms with van der Waals surface area (Å²) in [7, 11) is 1.82. The topological polar surface area (TPSA) is 74.8 Å². The van der Waals surface area contributed by atoms with Gasteiger partial charge in [0.15, 0.2) is 5.65 Å². The maximum atomic E-state index is 12.5. The van der Waals surface area contributed by atoms with Crippen LogP contribution in [-0.4, -0.2) is 43.8 Å². The molecule has 1 amide bonds. The predicted octanol–water partition coefficient (Wildman–Crippen LogP) is 3.87. The fraction of sp³-hybridized carbons (Fsp3) is 0.238. The van der Waals surface area contributed by atoms with E-state index in [2.05, 4.69) is 52.2 Å². The van der Waals surface area contributed by atoms with Crippen LogP contribution < -0.4 is 0 Å². The van der Waals surface area contributed by atoms with E-state index < -0.39 is 0 Å². The Morgan fingerprint density at radius 3 is 2.79 bits per heavy atom. The third-order valence-corrected chi connectivity index (χ3v) is 5.58. The molecule has 2 aromatic heterocycles. The average Bonchev–Trinajstić information content (AvgIpc) is 3.06. The maximum Gasteiger partial charge on any atom is 0.233 e. The molecule has 4 rings (SSSR count). The van der Waals surface area contributed by atoms with E-state index in [9.17, 15) is 4.79 Å². The van der Waals surface area contributed by atoms with E-state index in [1.165, 1.54) is 22.9 Å². The predicted molar refractivity (Wildman–Crippen MR) is 112 cm³/mol. The highest BCUT2D eigenvalue weighted by molar-refractivity contribution is 7.99. The van der Waals surface area contributed by atoms with Crippen molar-refractivity contribution in [1.82, 2.24) is 25.1 Å². The molecule has 2 heterocycles. The van der Waals surface area contributed by atoms with Gasteiger partial charge in [-0.15, -0.1) is 10.2 Å². The Kier molecular flexibility index (Phi) is 5.00. The fourth-order valence-corrected chi connectivity index (χ4v) is 3.90. The van der Waals surface area contributed by atoms with Crippen LogP contribution in [0.15, 0.2) is 47.6 Å². The van der Waals surface area contributed by atoms with Crippen LogP contribution in [-0.2, 0) is 11.3 Å². The van der Waals surface area contributed by atoms with Crippen LogP contribution in [0.25, 0.3) is 22.1 Å². The molecule has 2 aromatic carbocycles. The molecule has 28 heavy (non-hydrogen) atoms. The molecule has 0 bridgehead atoms. The summed E-state index contributed by atoms with van der Waals surface area (Å²) in [6, 6.07) is 14.2. The number of nitrogens with zero attached hydrogens (tertiary/aromatic N) is 4. The smallest absolute Gasteiger partial charge is 0.233 e. The Balaban J connectivity index is 1.43. The van der Waals surface area contributed by atoms with Gasteiger partial charge in [0.05, 0.1) is 5.75 Å². The molecule has 0 fully saturated rings. The van der Waals surface area contributed by atoms with Gasteiger partial charge in [0.1, 0.15) is 5.52 Å². The number of hydrogen-bond acceptors (Lipinski definition) is 5. The monoisotopic (exact) mass is 391 g/mol. The number of aryl methyl sites for hydroxylation is 2. The molecule has 0 unspecified atom stereocenters. The first-order valence-corrected chi connectivity index (χ1v) is 10.0. The largest absolute Gasteiger partial charge is 0.341 e. The molecule has 0 aliphatic rings. The van der Waals surface area contributed by atoms with Gasteiger partial charge in [0.2, 0.25) is 11.1 Å². The number of H-pyrrole nitrogens is 1. The van der Waals surface area contributed by atoms with Crippen molar-refractivity contribution in [2.75, 3.05) is 12.8 Å². The van der Waals surface area contributed by atoms with Gasteiger partial charge in [-0.05, 0) is 31.0 Å². The molecule has 0 atom stereocenters. The van der Waals surface area contributed by atoms with Gasteiger partial charge in [-0.1, -0.05) is 53.7 Å². The van der Waals surface area contributed by atoms with Crippen molar-refractivity contribution in [2.45, 2.75) is 25.5 Å². The van der Waals surface area contributed by atoms with E-state index in [1.807, 2.05) is 31.3 Å². The second-order valence-electron chi connectivity index (χ2n) is 6.93. The van der Waals surface area contributed by atoms with Crippen molar-refractivity contribution in [3.63, 3.8) is 0 Å². The highest BCUT2D eigenvalue weighted by Gasteiger charge is 2.14. The van der Waals surface area contributed by atoms with Gasteiger partial charge < -0.3 is 9.88 Å². The Morgan fingerprint density at radius 1 is 1.14 bits per heavy atom. The molecule has 6 nitrogen and oxygen atoms in total. The van der Waals surface area contributed by atoms with E-state index in [-0.39, 0.29) is 11.7 Å². The minimum Gasteiger partial charge on any atom is -0.341 e. The van der Waals surface area contributed by atoms with Crippen molar-refractivity contribution >= 4 is 39.7 Å². The van der Waals surface area contributed by atoms with E-state index in [1.54, 1.807) is 4.90 Å². The van der Waals surface area contributed by atoms with Crippen LogP contribution in [0.5, 0.6) is 0 Å². The highest BCUT2D eigenvalue weighted by atomic mass is 32.2. The number of fused-ring (bicyclic) bond motifs is 3. The quantitative estimate of drug-likeness (QED) is 0.523. The minimum absolute atomic E-state index is 0.0327. The summed E-state index contributed by atoms with van der Waals surface area (Å²) in [5.41, 5.74) is 5.99. The van der Waals surface area contributed by atoms with Gasteiger partial charge in [0, 0.05) is 24.5 Å². The number of benzene rings is 2. The first kappa shape index (κ1) is 18.4. The lowest BCUT2D eigenvalue weighted by Crippen LogP contribution is -2.28. The van der Waals surface area contributed by atoms with Crippen LogP contribution in [0.3, 0.4) is 0 Å². The van der Waals surface area contributed by atoms with Crippen molar-refractivity contribution < 1.29 is 4.79 Å². The van der Waals surface area contributed by atoms with Gasteiger partial charge in [0.25, 0.3) is 0 Å². The summed E-state index contributed by atoms with van der Waals surface area (Å²) in [5.74, 6) is 0.305. The second-order valence-corrected chi connectivity index (χ2v) is 7.87. The lowest BCUT2D eigenvalue weighted by Gasteiger charge is -2.18. The molecule has 142 valence electrons. The normalized spacial score (nSPS) is 11.2. The summed E-state index contributed by atoms with van der Waals surface area (Å²) >= 11 is 1.30. The van der Waals surface area contributed by atoms with Crippen molar-refractivity contribution in [3.8, 4) is 0 Å². The standard InChI is InChI=1S/C21H21N5OS/c1-13-8-9-15(14(2)10-13)11-26(3)18(27)12-28-21-23-20-19(24-25-21)16-6-4-5-7-17(16)22-20/h4-10H,11-12H2,1-3H3,(H,22,23,25). The fourth-order valence-electron chi connectivity index (χ4n) is 3.17. The molecular formula is C21H21N5OS. The Hall–Kier alpha value is -2.93. The molecule has 7 heteroatoms. The summed E-state index contributed by atoms with van der Waals surface area (Å²) in [6.45, 7) is 4.73. The maximum absolute atomic E-state index is 12.5. The van der Waals surface area contributed by atoms with Gasteiger partial charge in [-0.3, -0.25) is 4.79 Å². The first-order valence-electron chi connectivity index (χ1n) is 9.05. The van der Waals surface area contributed by atoms with Crippen molar-refractivity contribution in [2.24, 2.45) is 0 Å². The van der Waals surface area contributed by atoms with Crippen molar-refractivity contribution in [1.29, 1.82) is 0 Å². The Morgan fingerprint density at radius 2 is 1.96 bits per heavy atom. The highest BCUT2D eigenvalue weighted by Crippen LogP contribution is 2.23. The molecule has 0 saturated carbocycles. The molecule has 1 N–H and O–H groups in total. The van der Waals surface area contributed by atoms with Gasteiger partial charge in [-0.2, -0.15) is 0 Å². The Labute approximate surface area is 167 Å². The van der Waals surface area contributed by atoms with Crippen LogP contribution in [0.2, 0.25) is 0 Å². The second kappa shape index (κ2) is 7.59. The average molecular weight is 392 g/mol. The SMILES string of the molecule is Cc1ccc(CN(C)C(=O)CSc2nnc3c(n2)[nH]c2ccccc23)c(C)c1. The molecule has 0 aliphatic heterocycles. The summed E-state index contributed by atoms with van der Waals surface area (Å²) in [5, 5.41) is 9.96. The molecule has 4 aromatic rings. The van der Waals surface area contributed by atoms with E-state index in [0.717, 1.165) is 22.0 Å². The van der Waals surface area contributed by atoms with Gasteiger partial charge in [-0.25, -0.2) is 4.98 Å².